The van der Waals surface area contributed by atoms with E-state index in [0.717, 1.165) is 28.1 Å². The van der Waals surface area contributed by atoms with E-state index >= 15 is 0 Å². The Morgan fingerprint density at radius 2 is 1.49 bits per heavy atom. The quantitative estimate of drug-likeness (QED) is 0.205. The molecule has 1 heterocycles. The first-order valence-electron chi connectivity index (χ1n) is 12.1. The highest BCUT2D eigenvalue weighted by molar-refractivity contribution is 7.92. The van der Waals surface area contributed by atoms with Gasteiger partial charge in [0.25, 0.3) is 15.9 Å². The lowest BCUT2D eigenvalue weighted by atomic mass is 10.1. The van der Waals surface area contributed by atoms with Crippen LogP contribution in [0, 0.1) is 6.92 Å². The van der Waals surface area contributed by atoms with E-state index in [9.17, 15) is 13.2 Å². The van der Waals surface area contributed by atoms with Gasteiger partial charge in [-0.3, -0.25) is 9.52 Å². The number of hydrazone groups is 1. The summed E-state index contributed by atoms with van der Waals surface area (Å²) in [6.45, 7) is 1.89. The Bertz CT molecular complexity index is 1710. The fourth-order valence-corrected chi connectivity index (χ4v) is 4.92. The average Bonchev–Trinajstić information content (AvgIpc) is 3.38. The van der Waals surface area contributed by atoms with Crippen molar-refractivity contribution >= 4 is 27.8 Å². The summed E-state index contributed by atoms with van der Waals surface area (Å²) < 4.78 is 29.5. The Hall–Kier alpha value is -5.02. The highest BCUT2D eigenvalue weighted by atomic mass is 32.2. The van der Waals surface area contributed by atoms with Gasteiger partial charge in [0, 0.05) is 28.6 Å². The molecule has 0 atom stereocenters. The molecule has 1 aromatic heterocycles. The molecule has 0 bridgehead atoms. The van der Waals surface area contributed by atoms with Crippen molar-refractivity contribution < 1.29 is 13.2 Å². The maximum absolute atomic E-state index is 12.7. The summed E-state index contributed by atoms with van der Waals surface area (Å²) >= 11 is 0. The van der Waals surface area contributed by atoms with E-state index < -0.39 is 15.9 Å². The van der Waals surface area contributed by atoms with Gasteiger partial charge in [0.2, 0.25) is 0 Å². The number of nitrogens with zero attached hydrogens (tertiary/aromatic N) is 3. The summed E-state index contributed by atoms with van der Waals surface area (Å²) in [5.41, 5.74) is 7.44. The van der Waals surface area contributed by atoms with Gasteiger partial charge in [-0.05, 0) is 55.5 Å². The molecule has 8 nitrogen and oxygen atoms in total. The molecule has 0 aliphatic heterocycles. The maximum Gasteiger partial charge on any atom is 0.271 e. The number of hydrogen-bond acceptors (Lipinski definition) is 5. The molecular weight excluding hydrogens is 510 g/mol. The molecule has 0 saturated carbocycles. The topological polar surface area (TPSA) is 105 Å². The lowest BCUT2D eigenvalue weighted by molar-refractivity contribution is 0.0955. The summed E-state index contributed by atoms with van der Waals surface area (Å²) in [4.78, 5) is 12.8. The summed E-state index contributed by atoms with van der Waals surface area (Å²) in [5.74, 6) is -0.434. The highest BCUT2D eigenvalue weighted by Crippen LogP contribution is 2.22. The molecule has 2 N–H and O–H groups in total. The van der Waals surface area contributed by atoms with E-state index in [1.165, 1.54) is 24.3 Å². The molecule has 0 unspecified atom stereocenters. The van der Waals surface area contributed by atoms with Crippen LogP contribution >= 0.6 is 0 Å². The van der Waals surface area contributed by atoms with Gasteiger partial charge in [0.05, 0.1) is 16.8 Å². The molecule has 0 saturated heterocycles. The summed E-state index contributed by atoms with van der Waals surface area (Å²) in [6.07, 6.45) is 3.40. The first-order valence-corrected chi connectivity index (χ1v) is 13.6. The highest BCUT2D eigenvalue weighted by Gasteiger charge is 2.15. The SMILES string of the molecule is Cc1ccc(S(=O)(=O)Nc2ccc(C(=O)N/N=C/c3cn(-c4ccccc4)nc3-c3ccccc3)cc2)cc1. The fraction of sp³-hybridized carbons (Fsp3) is 0.0333. The van der Waals surface area contributed by atoms with Crippen molar-refractivity contribution in [3.63, 3.8) is 0 Å². The minimum Gasteiger partial charge on any atom is -0.280 e. The van der Waals surface area contributed by atoms with E-state index in [1.54, 1.807) is 35.2 Å². The van der Waals surface area contributed by atoms with Gasteiger partial charge < -0.3 is 0 Å². The lowest BCUT2D eigenvalue weighted by Crippen LogP contribution is -2.18. The van der Waals surface area contributed by atoms with Crippen molar-refractivity contribution in [2.45, 2.75) is 11.8 Å². The van der Waals surface area contributed by atoms with Crippen LogP contribution in [0.5, 0.6) is 0 Å². The van der Waals surface area contributed by atoms with Crippen LogP contribution in [-0.2, 0) is 10.0 Å². The second kappa shape index (κ2) is 11.2. The molecular formula is C30H25N5O3S. The van der Waals surface area contributed by atoms with Crippen molar-refractivity contribution in [1.29, 1.82) is 0 Å². The van der Waals surface area contributed by atoms with E-state index in [4.69, 9.17) is 5.10 Å². The molecule has 1 amide bonds. The van der Waals surface area contributed by atoms with Crippen molar-refractivity contribution in [2.24, 2.45) is 5.10 Å². The van der Waals surface area contributed by atoms with Crippen molar-refractivity contribution in [1.82, 2.24) is 15.2 Å². The van der Waals surface area contributed by atoms with Crippen LogP contribution in [-0.4, -0.2) is 30.3 Å². The number of para-hydroxylation sites is 1. The van der Waals surface area contributed by atoms with Gasteiger partial charge in [-0.15, -0.1) is 0 Å². The van der Waals surface area contributed by atoms with Crippen LogP contribution < -0.4 is 10.1 Å². The number of carbonyl (C=O) groups is 1. The standard InChI is InChI=1S/C30H25N5O3S/c1-22-12-18-28(19-13-22)39(37,38)34-26-16-14-24(15-17-26)30(36)32-31-20-25-21-35(27-10-6-3-7-11-27)33-29(25)23-8-4-2-5-9-23/h2-21,34H,1H3,(H,32,36)/b31-20+. The zero-order valence-corrected chi connectivity index (χ0v) is 21.8. The minimum absolute atomic E-state index is 0.162. The van der Waals surface area contributed by atoms with Crippen LogP contribution in [0.15, 0.2) is 125 Å². The molecule has 0 radical (unpaired) electrons. The van der Waals surface area contributed by atoms with Crippen LogP contribution in [0.3, 0.4) is 0 Å². The number of anilines is 1. The van der Waals surface area contributed by atoms with Gasteiger partial charge in [-0.2, -0.15) is 10.2 Å². The molecule has 0 fully saturated rings. The Morgan fingerprint density at radius 3 is 2.15 bits per heavy atom. The van der Waals surface area contributed by atoms with E-state index in [0.29, 0.717) is 11.3 Å². The monoisotopic (exact) mass is 535 g/mol. The summed E-state index contributed by atoms with van der Waals surface area (Å²) in [6, 6.07) is 32.1. The first kappa shape index (κ1) is 25.6. The number of rotatable bonds is 8. The van der Waals surface area contributed by atoms with Crippen molar-refractivity contribution in [3.8, 4) is 16.9 Å². The Balaban J connectivity index is 1.29. The molecule has 5 aromatic rings. The Labute approximate surface area is 226 Å². The number of aromatic nitrogens is 2. The number of carbonyl (C=O) groups excluding carboxylic acids is 1. The molecule has 0 aliphatic carbocycles. The molecule has 194 valence electrons. The number of nitrogens with one attached hydrogen (secondary N) is 2. The Kier molecular flexibility index (Phi) is 7.33. The van der Waals surface area contributed by atoms with Gasteiger partial charge >= 0.3 is 0 Å². The lowest BCUT2D eigenvalue weighted by Gasteiger charge is -2.09. The van der Waals surface area contributed by atoms with E-state index in [1.807, 2.05) is 73.8 Å². The fourth-order valence-electron chi connectivity index (χ4n) is 3.86. The van der Waals surface area contributed by atoms with Crippen LogP contribution in [0.25, 0.3) is 16.9 Å². The summed E-state index contributed by atoms with van der Waals surface area (Å²) in [5, 5.41) is 8.88. The number of sulfonamides is 1. The van der Waals surface area contributed by atoms with Crippen LogP contribution in [0.1, 0.15) is 21.5 Å². The zero-order chi connectivity index (χ0) is 27.2. The minimum atomic E-state index is -3.74. The zero-order valence-electron chi connectivity index (χ0n) is 21.0. The predicted molar refractivity (Wildman–Crippen MR) is 152 cm³/mol. The third-order valence-electron chi connectivity index (χ3n) is 5.91. The Morgan fingerprint density at radius 1 is 0.846 bits per heavy atom. The summed E-state index contributed by atoms with van der Waals surface area (Å²) in [7, 11) is -3.74. The third kappa shape index (κ3) is 6.11. The number of hydrogen-bond donors (Lipinski definition) is 2. The predicted octanol–water partition coefficient (Wildman–Crippen LogP) is 5.41. The molecule has 39 heavy (non-hydrogen) atoms. The first-order chi connectivity index (χ1) is 18.9. The number of benzene rings is 4. The third-order valence-corrected chi connectivity index (χ3v) is 7.31. The van der Waals surface area contributed by atoms with E-state index in [2.05, 4.69) is 15.2 Å². The number of aryl methyl sites for hydroxylation is 1. The van der Waals surface area contributed by atoms with Crippen LogP contribution in [0.2, 0.25) is 0 Å². The van der Waals surface area contributed by atoms with E-state index in [-0.39, 0.29) is 4.90 Å². The van der Waals surface area contributed by atoms with Gasteiger partial charge in [-0.25, -0.2) is 18.5 Å². The molecule has 5 rings (SSSR count). The van der Waals surface area contributed by atoms with Gasteiger partial charge in [-0.1, -0.05) is 66.2 Å². The smallest absolute Gasteiger partial charge is 0.271 e. The van der Waals surface area contributed by atoms with Crippen molar-refractivity contribution in [3.05, 3.63) is 132 Å². The van der Waals surface area contributed by atoms with Crippen LogP contribution in [0.4, 0.5) is 5.69 Å². The maximum atomic E-state index is 12.7. The van der Waals surface area contributed by atoms with Crippen molar-refractivity contribution in [2.75, 3.05) is 4.72 Å². The second-order valence-electron chi connectivity index (χ2n) is 8.77. The largest absolute Gasteiger partial charge is 0.280 e. The molecule has 4 aromatic carbocycles. The molecule has 0 aliphatic rings. The van der Waals surface area contributed by atoms with Gasteiger partial charge in [0.1, 0.15) is 5.69 Å². The van der Waals surface area contributed by atoms with Gasteiger partial charge in [0.15, 0.2) is 0 Å². The second-order valence-corrected chi connectivity index (χ2v) is 10.5. The average molecular weight is 536 g/mol. The molecule has 0 spiro atoms. The normalized spacial score (nSPS) is 11.4. The molecule has 9 heteroatoms. The number of amides is 1.